The Balaban J connectivity index is 2.74. The molecule has 118 valence electrons. The molecule has 4 nitrogen and oxygen atoms in total. The summed E-state index contributed by atoms with van der Waals surface area (Å²) in [7, 11) is 0. The highest BCUT2D eigenvalue weighted by Crippen LogP contribution is 2.28. The van der Waals surface area contributed by atoms with Gasteiger partial charge in [-0.05, 0) is 51.9 Å². The Hall–Kier alpha value is -1.07. The van der Waals surface area contributed by atoms with Gasteiger partial charge in [-0.1, -0.05) is 22.9 Å². The number of carbonyl (C=O) groups excluding carboxylic acids is 1. The number of ether oxygens (including phenoxy) is 2. The van der Waals surface area contributed by atoms with Crippen molar-refractivity contribution in [3.05, 3.63) is 28.2 Å². The van der Waals surface area contributed by atoms with Crippen LogP contribution in [0.5, 0.6) is 5.75 Å². The van der Waals surface area contributed by atoms with Crippen molar-refractivity contribution in [2.24, 2.45) is 0 Å². The van der Waals surface area contributed by atoms with E-state index in [-0.39, 0.29) is 24.7 Å². The number of halogens is 1. The maximum atomic E-state index is 11.6. The summed E-state index contributed by atoms with van der Waals surface area (Å²) in [5.74, 6) is 0.350. The summed E-state index contributed by atoms with van der Waals surface area (Å²) < 4.78 is 11.7. The molecule has 0 saturated carbocycles. The number of benzene rings is 1. The van der Waals surface area contributed by atoms with Gasteiger partial charge in [-0.2, -0.15) is 0 Å². The number of rotatable bonds is 8. The summed E-state index contributed by atoms with van der Waals surface area (Å²) in [5.41, 5.74) is 1.02. The Kier molecular flexibility index (Phi) is 7.75. The van der Waals surface area contributed by atoms with Gasteiger partial charge in [0.1, 0.15) is 5.75 Å². The second kappa shape index (κ2) is 9.05. The first kappa shape index (κ1) is 18.0. The average molecular weight is 358 g/mol. The highest BCUT2D eigenvalue weighted by atomic mass is 79.9. The minimum Gasteiger partial charge on any atom is -0.482 e. The zero-order chi connectivity index (χ0) is 15.8. The Labute approximate surface area is 135 Å². The van der Waals surface area contributed by atoms with Gasteiger partial charge in [0.15, 0.2) is 6.61 Å². The molecule has 1 unspecified atom stereocenters. The highest BCUT2D eigenvalue weighted by Gasteiger charge is 2.14. The summed E-state index contributed by atoms with van der Waals surface area (Å²) in [5, 5.41) is 3.42. The lowest BCUT2D eigenvalue weighted by atomic mass is 10.1. The molecular formula is C16H24BrNO3. The van der Waals surface area contributed by atoms with Gasteiger partial charge in [0.05, 0.1) is 6.10 Å². The van der Waals surface area contributed by atoms with Crippen LogP contribution in [-0.4, -0.2) is 25.2 Å². The van der Waals surface area contributed by atoms with E-state index in [1.807, 2.05) is 32.0 Å². The minimum atomic E-state index is -0.354. The van der Waals surface area contributed by atoms with E-state index in [9.17, 15) is 4.79 Å². The lowest BCUT2D eigenvalue weighted by Gasteiger charge is -2.18. The molecule has 1 rings (SSSR count). The van der Waals surface area contributed by atoms with Gasteiger partial charge >= 0.3 is 5.97 Å². The lowest BCUT2D eigenvalue weighted by molar-refractivity contribution is -0.149. The topological polar surface area (TPSA) is 47.6 Å². The summed E-state index contributed by atoms with van der Waals surface area (Å²) >= 11 is 3.47. The van der Waals surface area contributed by atoms with Crippen LogP contribution in [0.4, 0.5) is 0 Å². The van der Waals surface area contributed by atoms with E-state index in [0.717, 1.165) is 23.0 Å². The zero-order valence-corrected chi connectivity index (χ0v) is 14.7. The van der Waals surface area contributed by atoms with Crippen molar-refractivity contribution < 1.29 is 14.3 Å². The Morgan fingerprint density at radius 3 is 2.67 bits per heavy atom. The van der Waals surface area contributed by atoms with Gasteiger partial charge in [-0.3, -0.25) is 0 Å². The number of nitrogens with one attached hydrogen (secondary N) is 1. The Morgan fingerprint density at radius 2 is 2.05 bits per heavy atom. The quantitative estimate of drug-likeness (QED) is 0.718. The molecule has 1 aromatic carbocycles. The molecule has 0 spiro atoms. The number of hydrogen-bond acceptors (Lipinski definition) is 4. The van der Waals surface area contributed by atoms with Gasteiger partial charge in [-0.15, -0.1) is 0 Å². The Morgan fingerprint density at radius 1 is 1.33 bits per heavy atom. The van der Waals surface area contributed by atoms with Crippen molar-refractivity contribution in [1.82, 2.24) is 5.32 Å². The first-order chi connectivity index (χ1) is 9.93. The lowest BCUT2D eigenvalue weighted by Crippen LogP contribution is -2.22. The summed E-state index contributed by atoms with van der Waals surface area (Å²) in [6, 6.07) is 5.93. The molecule has 0 aromatic heterocycles. The molecule has 0 fully saturated rings. The fraction of sp³-hybridized carbons (Fsp3) is 0.562. The summed E-state index contributed by atoms with van der Waals surface area (Å²) in [6.45, 7) is 8.70. The molecule has 0 amide bonds. The van der Waals surface area contributed by atoms with Gasteiger partial charge < -0.3 is 14.8 Å². The third-order valence-electron chi connectivity index (χ3n) is 2.85. The van der Waals surface area contributed by atoms with Crippen LogP contribution in [0.3, 0.4) is 0 Å². The predicted molar refractivity (Wildman–Crippen MR) is 87.6 cm³/mol. The number of esters is 1. The smallest absolute Gasteiger partial charge is 0.344 e. The van der Waals surface area contributed by atoms with E-state index in [2.05, 4.69) is 35.1 Å². The van der Waals surface area contributed by atoms with E-state index in [0.29, 0.717) is 5.75 Å². The van der Waals surface area contributed by atoms with Crippen molar-refractivity contribution >= 4 is 21.9 Å². The maximum Gasteiger partial charge on any atom is 0.344 e. The molecule has 0 bridgehead atoms. The third kappa shape index (κ3) is 6.48. The van der Waals surface area contributed by atoms with Gasteiger partial charge in [0, 0.05) is 16.1 Å². The van der Waals surface area contributed by atoms with Crippen LogP contribution < -0.4 is 10.1 Å². The van der Waals surface area contributed by atoms with Gasteiger partial charge in [0.25, 0.3) is 0 Å². The van der Waals surface area contributed by atoms with Crippen molar-refractivity contribution in [3.63, 3.8) is 0 Å². The van der Waals surface area contributed by atoms with Crippen molar-refractivity contribution in [3.8, 4) is 5.75 Å². The van der Waals surface area contributed by atoms with Crippen molar-refractivity contribution in [2.75, 3.05) is 13.2 Å². The molecule has 5 heteroatoms. The third-order valence-corrected chi connectivity index (χ3v) is 3.34. The summed E-state index contributed by atoms with van der Waals surface area (Å²) in [4.78, 5) is 11.6. The molecule has 0 aliphatic heterocycles. The van der Waals surface area contributed by atoms with E-state index in [1.165, 1.54) is 0 Å². The van der Waals surface area contributed by atoms with E-state index < -0.39 is 0 Å². The molecular weight excluding hydrogens is 334 g/mol. The molecule has 0 heterocycles. The number of hydrogen-bond donors (Lipinski definition) is 1. The molecule has 1 aromatic rings. The van der Waals surface area contributed by atoms with Crippen LogP contribution in [0, 0.1) is 0 Å². The van der Waals surface area contributed by atoms with E-state index >= 15 is 0 Å². The largest absolute Gasteiger partial charge is 0.482 e. The van der Waals surface area contributed by atoms with Crippen LogP contribution in [-0.2, 0) is 9.53 Å². The molecule has 21 heavy (non-hydrogen) atoms. The van der Waals surface area contributed by atoms with Crippen LogP contribution >= 0.6 is 15.9 Å². The SMILES string of the molecule is CCCNC(C)c1cc(Br)ccc1OCC(=O)OC(C)C. The molecule has 0 aliphatic rings. The predicted octanol–water partition coefficient (Wildman–Crippen LogP) is 3.84. The average Bonchev–Trinajstić information content (AvgIpc) is 2.42. The molecule has 1 atom stereocenters. The van der Waals surface area contributed by atoms with Gasteiger partial charge in [-0.25, -0.2) is 4.79 Å². The van der Waals surface area contributed by atoms with Crippen molar-refractivity contribution in [1.29, 1.82) is 0 Å². The van der Waals surface area contributed by atoms with Crippen LogP contribution in [0.25, 0.3) is 0 Å². The van der Waals surface area contributed by atoms with E-state index in [4.69, 9.17) is 9.47 Å². The molecule has 0 saturated heterocycles. The van der Waals surface area contributed by atoms with E-state index in [1.54, 1.807) is 0 Å². The van der Waals surface area contributed by atoms with Crippen LogP contribution in [0.2, 0.25) is 0 Å². The monoisotopic (exact) mass is 357 g/mol. The Bertz CT molecular complexity index is 463. The molecule has 0 radical (unpaired) electrons. The second-order valence-corrected chi connectivity index (χ2v) is 6.10. The highest BCUT2D eigenvalue weighted by molar-refractivity contribution is 9.10. The first-order valence-electron chi connectivity index (χ1n) is 7.29. The maximum absolute atomic E-state index is 11.6. The first-order valence-corrected chi connectivity index (χ1v) is 8.08. The second-order valence-electron chi connectivity index (χ2n) is 5.19. The summed E-state index contributed by atoms with van der Waals surface area (Å²) in [6.07, 6.45) is 0.936. The zero-order valence-electron chi connectivity index (χ0n) is 13.1. The molecule has 0 aliphatic carbocycles. The fourth-order valence-corrected chi connectivity index (χ4v) is 2.27. The number of carbonyl (C=O) groups is 1. The molecule has 1 N–H and O–H groups in total. The van der Waals surface area contributed by atoms with Crippen molar-refractivity contribution in [2.45, 2.75) is 46.3 Å². The normalized spacial score (nSPS) is 12.3. The standard InChI is InChI=1S/C16H24BrNO3/c1-5-8-18-12(4)14-9-13(17)6-7-15(14)20-10-16(19)21-11(2)3/h6-7,9,11-12,18H,5,8,10H2,1-4H3. The fourth-order valence-electron chi connectivity index (χ4n) is 1.89. The van der Waals surface area contributed by atoms with Crippen LogP contribution in [0.15, 0.2) is 22.7 Å². The van der Waals surface area contributed by atoms with Gasteiger partial charge in [0.2, 0.25) is 0 Å². The minimum absolute atomic E-state index is 0.0761. The van der Waals surface area contributed by atoms with Crippen LogP contribution in [0.1, 0.15) is 45.7 Å².